The second kappa shape index (κ2) is 6.57. The van der Waals surface area contributed by atoms with Crippen LogP contribution in [-0.2, 0) is 12.1 Å². The molecule has 0 amide bonds. The molecule has 1 fully saturated rings. The van der Waals surface area contributed by atoms with Gasteiger partial charge in [-0.15, -0.1) is 0 Å². The summed E-state index contributed by atoms with van der Waals surface area (Å²) in [5.74, 6) is 2.42. The molecular formula is C19H22N4O3. The third kappa shape index (κ3) is 2.99. The minimum absolute atomic E-state index is 0.361. The highest BCUT2D eigenvalue weighted by Gasteiger charge is 2.36. The number of hydrogen-bond acceptors (Lipinski definition) is 7. The van der Waals surface area contributed by atoms with Gasteiger partial charge in [0.2, 0.25) is 0 Å². The number of benzene rings is 1. The van der Waals surface area contributed by atoms with Crippen molar-refractivity contribution in [2.75, 3.05) is 0 Å². The van der Waals surface area contributed by atoms with Crippen LogP contribution in [0.15, 0.2) is 33.3 Å². The summed E-state index contributed by atoms with van der Waals surface area (Å²) < 4.78 is 16.7. The van der Waals surface area contributed by atoms with E-state index in [0.29, 0.717) is 24.1 Å². The Bertz CT molecular complexity index is 890. The largest absolute Gasteiger partial charge is 0.488 e. The van der Waals surface area contributed by atoms with E-state index in [2.05, 4.69) is 15.3 Å². The van der Waals surface area contributed by atoms with Crippen LogP contribution in [-0.4, -0.2) is 15.3 Å². The van der Waals surface area contributed by atoms with E-state index in [4.69, 9.17) is 19.5 Å². The monoisotopic (exact) mass is 354 g/mol. The molecule has 1 saturated carbocycles. The van der Waals surface area contributed by atoms with Crippen molar-refractivity contribution in [2.45, 2.75) is 51.7 Å². The Morgan fingerprint density at radius 1 is 1.12 bits per heavy atom. The van der Waals surface area contributed by atoms with E-state index in [1.54, 1.807) is 0 Å². The summed E-state index contributed by atoms with van der Waals surface area (Å²) in [5.41, 5.74) is 8.47. The normalized spacial score (nSPS) is 16.1. The third-order valence-electron chi connectivity index (χ3n) is 5.04. The zero-order chi connectivity index (χ0) is 18.1. The molecule has 4 rings (SSSR count). The number of nitrogens with zero attached hydrogens (tertiary/aromatic N) is 3. The molecule has 0 atom stereocenters. The first-order valence-electron chi connectivity index (χ1n) is 8.84. The lowest BCUT2D eigenvalue weighted by molar-refractivity contribution is 0.301. The van der Waals surface area contributed by atoms with E-state index in [9.17, 15) is 0 Å². The Morgan fingerprint density at radius 2 is 1.88 bits per heavy atom. The van der Waals surface area contributed by atoms with Crippen LogP contribution in [0.3, 0.4) is 0 Å². The Balaban J connectivity index is 1.59. The Hall–Kier alpha value is -2.67. The summed E-state index contributed by atoms with van der Waals surface area (Å²) in [7, 11) is 0. The van der Waals surface area contributed by atoms with Crippen molar-refractivity contribution in [3.63, 3.8) is 0 Å². The van der Waals surface area contributed by atoms with Crippen molar-refractivity contribution in [1.29, 1.82) is 0 Å². The third-order valence-corrected chi connectivity index (χ3v) is 5.04. The Morgan fingerprint density at radius 3 is 2.62 bits per heavy atom. The number of ether oxygens (including phenoxy) is 1. The molecule has 7 heteroatoms. The van der Waals surface area contributed by atoms with Crippen LogP contribution >= 0.6 is 0 Å². The molecule has 1 aromatic carbocycles. The lowest BCUT2D eigenvalue weighted by Crippen LogP contribution is -2.34. The summed E-state index contributed by atoms with van der Waals surface area (Å²) >= 11 is 0. The maximum Gasteiger partial charge on any atom is 0.261 e. The van der Waals surface area contributed by atoms with Gasteiger partial charge in [0.05, 0.1) is 22.4 Å². The van der Waals surface area contributed by atoms with Crippen molar-refractivity contribution in [3.05, 3.63) is 47.1 Å². The van der Waals surface area contributed by atoms with Crippen LogP contribution in [0, 0.1) is 13.8 Å². The SMILES string of the molecule is Cc1noc(C)c1COc1ccccc1-c1nc(C2(N)CCCC2)no1. The quantitative estimate of drug-likeness (QED) is 0.746. The van der Waals surface area contributed by atoms with Gasteiger partial charge in [-0.2, -0.15) is 4.98 Å². The number of aryl methyl sites for hydroxylation is 2. The van der Waals surface area contributed by atoms with Crippen LogP contribution in [0.2, 0.25) is 0 Å². The maximum absolute atomic E-state index is 6.43. The van der Waals surface area contributed by atoms with E-state index in [1.165, 1.54) is 0 Å². The number of nitrogens with two attached hydrogens (primary N) is 1. The van der Waals surface area contributed by atoms with Crippen molar-refractivity contribution in [2.24, 2.45) is 5.73 Å². The van der Waals surface area contributed by atoms with Gasteiger partial charge >= 0.3 is 0 Å². The predicted octanol–water partition coefficient (Wildman–Crippen LogP) is 3.65. The van der Waals surface area contributed by atoms with Crippen LogP contribution in [0.25, 0.3) is 11.5 Å². The van der Waals surface area contributed by atoms with E-state index >= 15 is 0 Å². The van der Waals surface area contributed by atoms with Gasteiger partial charge in [-0.25, -0.2) is 0 Å². The zero-order valence-corrected chi connectivity index (χ0v) is 15.0. The molecule has 7 nitrogen and oxygen atoms in total. The number of rotatable bonds is 5. The van der Waals surface area contributed by atoms with Gasteiger partial charge in [-0.05, 0) is 38.8 Å². The highest BCUT2D eigenvalue weighted by atomic mass is 16.5. The van der Waals surface area contributed by atoms with Crippen LogP contribution in [0.1, 0.15) is 48.5 Å². The number of para-hydroxylation sites is 1. The minimum Gasteiger partial charge on any atom is -0.488 e. The molecule has 26 heavy (non-hydrogen) atoms. The smallest absolute Gasteiger partial charge is 0.261 e. The predicted molar refractivity (Wildman–Crippen MR) is 94.4 cm³/mol. The first kappa shape index (κ1) is 16.8. The Kier molecular flexibility index (Phi) is 4.24. The molecule has 2 N–H and O–H groups in total. The molecule has 1 aliphatic rings. The Labute approximate surface area is 151 Å². The van der Waals surface area contributed by atoms with Crippen LogP contribution in [0.5, 0.6) is 5.75 Å². The summed E-state index contributed by atoms with van der Waals surface area (Å²) in [6, 6.07) is 7.60. The highest BCUT2D eigenvalue weighted by molar-refractivity contribution is 5.62. The summed E-state index contributed by atoms with van der Waals surface area (Å²) in [5, 5.41) is 8.09. The molecule has 2 aromatic heterocycles. The average Bonchev–Trinajstić information content (AvgIpc) is 3.36. The molecular weight excluding hydrogens is 332 g/mol. The molecule has 0 saturated heterocycles. The van der Waals surface area contributed by atoms with Gasteiger partial charge in [0, 0.05) is 0 Å². The molecule has 0 unspecified atom stereocenters. The van der Waals surface area contributed by atoms with Gasteiger partial charge in [-0.1, -0.05) is 35.3 Å². The first-order chi connectivity index (χ1) is 12.6. The van der Waals surface area contributed by atoms with E-state index in [0.717, 1.165) is 48.3 Å². The minimum atomic E-state index is -0.478. The van der Waals surface area contributed by atoms with Gasteiger partial charge in [0.1, 0.15) is 18.1 Å². The lowest BCUT2D eigenvalue weighted by atomic mass is 9.99. The molecule has 0 aliphatic heterocycles. The summed E-state index contributed by atoms with van der Waals surface area (Å²) in [6.07, 6.45) is 3.96. The fourth-order valence-corrected chi connectivity index (χ4v) is 3.39. The second-order valence-electron chi connectivity index (χ2n) is 6.87. The van der Waals surface area contributed by atoms with E-state index < -0.39 is 5.54 Å². The molecule has 0 radical (unpaired) electrons. The van der Waals surface area contributed by atoms with E-state index in [1.807, 2.05) is 38.1 Å². The first-order valence-corrected chi connectivity index (χ1v) is 8.84. The van der Waals surface area contributed by atoms with Gasteiger partial charge < -0.3 is 19.5 Å². The van der Waals surface area contributed by atoms with Gasteiger partial charge in [-0.3, -0.25) is 0 Å². The maximum atomic E-state index is 6.43. The van der Waals surface area contributed by atoms with Crippen molar-refractivity contribution in [3.8, 4) is 17.2 Å². The topological polar surface area (TPSA) is 100 Å². The molecule has 136 valence electrons. The molecule has 2 heterocycles. The average molecular weight is 354 g/mol. The van der Waals surface area contributed by atoms with Crippen molar-refractivity contribution in [1.82, 2.24) is 15.3 Å². The van der Waals surface area contributed by atoms with Crippen LogP contribution < -0.4 is 10.5 Å². The standard InChI is InChI=1S/C19H22N4O3/c1-12-15(13(2)25-22-12)11-24-16-8-4-3-7-14(16)17-21-18(23-26-17)19(20)9-5-6-10-19/h3-4,7-8H,5-6,9-11,20H2,1-2H3. The summed E-state index contributed by atoms with van der Waals surface area (Å²) in [6.45, 7) is 4.13. The second-order valence-corrected chi connectivity index (χ2v) is 6.87. The fraction of sp³-hybridized carbons (Fsp3) is 0.421. The van der Waals surface area contributed by atoms with E-state index in [-0.39, 0.29) is 0 Å². The lowest BCUT2D eigenvalue weighted by Gasteiger charge is -2.17. The number of hydrogen-bond donors (Lipinski definition) is 1. The number of aromatic nitrogens is 3. The zero-order valence-electron chi connectivity index (χ0n) is 15.0. The van der Waals surface area contributed by atoms with Crippen molar-refractivity contribution >= 4 is 0 Å². The fourth-order valence-electron chi connectivity index (χ4n) is 3.39. The molecule has 3 aromatic rings. The molecule has 0 spiro atoms. The molecule has 0 bridgehead atoms. The van der Waals surface area contributed by atoms with Crippen LogP contribution in [0.4, 0.5) is 0 Å². The summed E-state index contributed by atoms with van der Waals surface area (Å²) in [4.78, 5) is 4.56. The van der Waals surface area contributed by atoms with Gasteiger partial charge in [0.15, 0.2) is 5.82 Å². The van der Waals surface area contributed by atoms with Gasteiger partial charge in [0.25, 0.3) is 5.89 Å². The molecule has 1 aliphatic carbocycles. The highest BCUT2D eigenvalue weighted by Crippen LogP contribution is 2.36. The van der Waals surface area contributed by atoms with Crippen molar-refractivity contribution < 1.29 is 13.8 Å².